The van der Waals surface area contributed by atoms with E-state index in [-0.39, 0.29) is 0 Å². The molecule has 1 aliphatic carbocycles. The van der Waals surface area contributed by atoms with E-state index in [1.54, 1.807) is 0 Å². The Balaban J connectivity index is 1.39. The first kappa shape index (κ1) is 35.3. The summed E-state index contributed by atoms with van der Waals surface area (Å²) >= 11 is 0. The predicted octanol–water partition coefficient (Wildman–Crippen LogP) is 5.57. The lowest BCUT2D eigenvalue weighted by molar-refractivity contribution is 0.295. The highest BCUT2D eigenvalue weighted by atomic mass is 16.5. The van der Waals surface area contributed by atoms with E-state index in [2.05, 4.69) is 96.9 Å². The van der Waals surface area contributed by atoms with Gasteiger partial charge in [-0.2, -0.15) is 0 Å². The van der Waals surface area contributed by atoms with Crippen molar-refractivity contribution in [3.8, 4) is 11.5 Å². The van der Waals surface area contributed by atoms with Gasteiger partial charge in [-0.1, -0.05) is 92.1 Å². The Morgan fingerprint density at radius 1 is 0.500 bits per heavy atom. The van der Waals surface area contributed by atoms with Crippen LogP contribution in [0.1, 0.15) is 92.0 Å². The van der Waals surface area contributed by atoms with Gasteiger partial charge in [0.2, 0.25) is 0 Å². The number of nitrogens with zero attached hydrogens (tertiary/aromatic N) is 6. The molecule has 0 aliphatic heterocycles. The molecule has 1 aliphatic rings. The lowest BCUT2D eigenvalue weighted by atomic mass is 9.78. The standard InChI is InChI=1S/C42H44B2N6O2/c1-7-49-21-37(45-47-49)23-51-41-33-13-27(5)14-34(41)18-30-10-26(4)12-32(40(30)44)20-36-16-28(6)15-35(19-31-11-25(3)9-29(17-33)39(31)43)42(36)52-24-38-22-50(8-2)48-46-38/h9-16,21-22H,7-8,17-20,23-24H2,1-6H3. The summed E-state index contributed by atoms with van der Waals surface area (Å²) < 4.78 is 17.0. The van der Waals surface area contributed by atoms with Crippen molar-refractivity contribution in [2.45, 2.75) is 93.5 Å². The molecule has 0 unspecified atom stereocenters. The van der Waals surface area contributed by atoms with Crippen molar-refractivity contribution in [3.05, 3.63) is 139 Å². The monoisotopic (exact) mass is 686 g/mol. The SMILES string of the molecule is [B]c1c2cc(C)cc1Cc1cc(C)cc(c1OCc1cn(CC)nn1)Cc1cc(C)cc(c1[B])Cc1cc(C)cc(c1OCc1cn(CC)nn1)C2. The van der Waals surface area contributed by atoms with Crippen LogP contribution in [0.4, 0.5) is 0 Å². The second-order valence-corrected chi connectivity index (χ2v) is 14.2. The normalized spacial score (nSPS) is 12.6. The van der Waals surface area contributed by atoms with Gasteiger partial charge in [0.1, 0.15) is 51.8 Å². The number of aromatic nitrogens is 6. The molecule has 4 radical (unpaired) electrons. The molecule has 8 nitrogen and oxygen atoms in total. The molecule has 10 heteroatoms. The van der Waals surface area contributed by atoms with E-state index in [9.17, 15) is 0 Å². The van der Waals surface area contributed by atoms with Gasteiger partial charge < -0.3 is 9.47 Å². The molecular weight excluding hydrogens is 642 g/mol. The average molecular weight is 686 g/mol. The number of fused-ring (bicyclic) bond motifs is 8. The van der Waals surface area contributed by atoms with Crippen molar-refractivity contribution in [3.63, 3.8) is 0 Å². The van der Waals surface area contributed by atoms with Crippen LogP contribution in [-0.4, -0.2) is 45.7 Å². The van der Waals surface area contributed by atoms with Crippen LogP contribution < -0.4 is 20.4 Å². The largest absolute Gasteiger partial charge is 0.487 e. The van der Waals surface area contributed by atoms with Crippen LogP contribution in [-0.2, 0) is 52.0 Å². The second-order valence-electron chi connectivity index (χ2n) is 14.2. The molecule has 0 amide bonds. The first-order valence-electron chi connectivity index (χ1n) is 18.1. The molecule has 2 aromatic heterocycles. The number of rotatable bonds is 8. The number of aryl methyl sites for hydroxylation is 6. The molecule has 0 atom stereocenters. The Kier molecular flexibility index (Phi) is 10.1. The Morgan fingerprint density at radius 3 is 1.06 bits per heavy atom. The highest BCUT2D eigenvalue weighted by Crippen LogP contribution is 2.34. The van der Waals surface area contributed by atoms with E-state index in [1.165, 1.54) is 0 Å². The Bertz CT molecular complexity index is 2020. The number of hydrogen-bond acceptors (Lipinski definition) is 6. The maximum Gasteiger partial charge on any atom is 0.134 e. The number of ether oxygens (including phenoxy) is 2. The van der Waals surface area contributed by atoms with Gasteiger partial charge in [-0.15, -0.1) is 10.2 Å². The van der Waals surface area contributed by atoms with Gasteiger partial charge in [0, 0.05) is 38.8 Å². The maximum atomic E-state index is 7.11. The molecule has 0 N–H and O–H groups in total. The molecule has 7 rings (SSSR count). The molecular formula is C42H44B2N6O2. The van der Waals surface area contributed by atoms with Gasteiger partial charge in [-0.3, -0.25) is 9.36 Å². The molecule has 260 valence electrons. The summed E-state index contributed by atoms with van der Waals surface area (Å²) in [5.74, 6) is 1.68. The molecule has 0 spiro atoms. The van der Waals surface area contributed by atoms with E-state index < -0.39 is 0 Å². The smallest absolute Gasteiger partial charge is 0.134 e. The lowest BCUT2D eigenvalue weighted by Crippen LogP contribution is -2.21. The fourth-order valence-corrected chi connectivity index (χ4v) is 7.48. The molecule has 0 fully saturated rings. The Labute approximate surface area is 309 Å². The van der Waals surface area contributed by atoms with Crippen LogP contribution in [0.5, 0.6) is 11.5 Å². The van der Waals surface area contributed by atoms with Gasteiger partial charge in [0.25, 0.3) is 0 Å². The van der Waals surface area contributed by atoms with Gasteiger partial charge in [-0.25, -0.2) is 0 Å². The van der Waals surface area contributed by atoms with E-state index in [4.69, 9.17) is 25.2 Å². The minimum atomic E-state index is 0.303. The number of hydrogen-bond donors (Lipinski definition) is 0. The zero-order chi connectivity index (χ0) is 36.5. The summed E-state index contributed by atoms with van der Waals surface area (Å²) in [6.45, 7) is 14.7. The maximum absolute atomic E-state index is 7.11. The molecule has 8 bridgehead atoms. The quantitative estimate of drug-likeness (QED) is 0.195. The molecule has 52 heavy (non-hydrogen) atoms. The summed E-state index contributed by atoms with van der Waals surface area (Å²) in [5.41, 5.74) is 16.2. The Hall–Kier alpha value is -5.11. The van der Waals surface area contributed by atoms with Crippen molar-refractivity contribution in [2.24, 2.45) is 0 Å². The molecule has 0 saturated carbocycles. The van der Waals surface area contributed by atoms with Crippen LogP contribution in [0.25, 0.3) is 0 Å². The molecule has 0 saturated heterocycles. The van der Waals surface area contributed by atoms with E-state index in [0.717, 1.165) is 114 Å². The van der Waals surface area contributed by atoms with Crippen LogP contribution in [0.15, 0.2) is 60.9 Å². The summed E-state index contributed by atoms with van der Waals surface area (Å²) in [7, 11) is 14.2. The third kappa shape index (κ3) is 7.57. The fraction of sp³-hybridized carbons (Fsp3) is 0.333. The summed E-state index contributed by atoms with van der Waals surface area (Å²) in [5, 5.41) is 17.2. The second kappa shape index (κ2) is 14.9. The van der Waals surface area contributed by atoms with Crippen LogP contribution in [0, 0.1) is 27.7 Å². The highest BCUT2D eigenvalue weighted by molar-refractivity contribution is 6.35. The van der Waals surface area contributed by atoms with Crippen molar-refractivity contribution >= 4 is 26.6 Å². The van der Waals surface area contributed by atoms with Gasteiger partial charge in [0.05, 0.1) is 12.4 Å². The van der Waals surface area contributed by atoms with E-state index >= 15 is 0 Å². The van der Waals surface area contributed by atoms with Crippen molar-refractivity contribution in [1.29, 1.82) is 0 Å². The lowest BCUT2D eigenvalue weighted by Gasteiger charge is -2.23. The van der Waals surface area contributed by atoms with Crippen LogP contribution >= 0.6 is 0 Å². The summed E-state index contributed by atoms with van der Waals surface area (Å²) in [6.07, 6.45) is 6.30. The van der Waals surface area contributed by atoms with E-state index in [1.807, 2.05) is 35.6 Å². The molecule has 6 aromatic rings. The minimum absolute atomic E-state index is 0.303. The first-order chi connectivity index (χ1) is 25.1. The fourth-order valence-electron chi connectivity index (χ4n) is 7.48. The summed E-state index contributed by atoms with van der Waals surface area (Å²) in [4.78, 5) is 0. The van der Waals surface area contributed by atoms with Crippen molar-refractivity contribution < 1.29 is 9.47 Å². The van der Waals surface area contributed by atoms with Crippen molar-refractivity contribution in [2.75, 3.05) is 0 Å². The zero-order valence-corrected chi connectivity index (χ0v) is 31.1. The number of benzene rings is 4. The molecule has 2 heterocycles. The van der Waals surface area contributed by atoms with Gasteiger partial charge in [-0.05, 0) is 86.1 Å². The van der Waals surface area contributed by atoms with E-state index in [0.29, 0.717) is 38.9 Å². The topological polar surface area (TPSA) is 79.9 Å². The van der Waals surface area contributed by atoms with Crippen LogP contribution in [0.2, 0.25) is 0 Å². The minimum Gasteiger partial charge on any atom is -0.487 e. The first-order valence-corrected chi connectivity index (χ1v) is 18.1. The Morgan fingerprint density at radius 2 is 0.788 bits per heavy atom. The average Bonchev–Trinajstić information content (AvgIpc) is 3.77. The van der Waals surface area contributed by atoms with Gasteiger partial charge in [0.15, 0.2) is 0 Å². The zero-order valence-electron chi connectivity index (χ0n) is 31.1. The molecule has 4 aromatic carbocycles. The highest BCUT2D eigenvalue weighted by Gasteiger charge is 2.21. The van der Waals surface area contributed by atoms with Gasteiger partial charge >= 0.3 is 0 Å². The third-order valence-corrected chi connectivity index (χ3v) is 9.84. The predicted molar refractivity (Wildman–Crippen MR) is 207 cm³/mol. The summed E-state index contributed by atoms with van der Waals surface area (Å²) in [6, 6.07) is 17.6. The van der Waals surface area contributed by atoms with Crippen molar-refractivity contribution in [1.82, 2.24) is 30.0 Å². The van der Waals surface area contributed by atoms with Crippen LogP contribution in [0.3, 0.4) is 0 Å². The third-order valence-electron chi connectivity index (χ3n) is 9.84.